The number of hydrogen-bond donors (Lipinski definition) is 5. The molecule has 1 aromatic rings. The highest BCUT2D eigenvalue weighted by atomic mass is 35.5. The number of β-lactam (4-membered cyclic amide) rings is 1. The molecule has 0 radical (unpaired) electrons. The third-order valence-electron chi connectivity index (χ3n) is 5.55. The number of benzene rings is 1. The van der Waals surface area contributed by atoms with Crippen LogP contribution in [-0.4, -0.2) is 80.7 Å². The third-order valence-corrected chi connectivity index (χ3v) is 8.60. The van der Waals surface area contributed by atoms with Crippen LogP contribution in [0.1, 0.15) is 30.6 Å². The molecule has 178 valence electrons. The molecule has 13 nitrogen and oxygen atoms in total. The number of carbonyl (C=O) groups is 4. The second-order valence-corrected chi connectivity index (χ2v) is 10.5. The van der Waals surface area contributed by atoms with Gasteiger partial charge in [-0.15, -0.1) is 0 Å². The minimum Gasteiger partial charge on any atom is -0.504 e. The van der Waals surface area contributed by atoms with Crippen molar-refractivity contribution in [2.45, 2.75) is 42.5 Å². The van der Waals surface area contributed by atoms with Gasteiger partial charge in [-0.3, -0.25) is 14.4 Å². The minimum atomic E-state index is -4.15. The van der Waals surface area contributed by atoms with Gasteiger partial charge in [0.1, 0.15) is 16.2 Å². The molecule has 0 spiro atoms. The van der Waals surface area contributed by atoms with Crippen LogP contribution in [0, 0.1) is 0 Å². The summed E-state index contributed by atoms with van der Waals surface area (Å²) in [5.41, 5.74) is 1.79. The summed E-state index contributed by atoms with van der Waals surface area (Å²) in [4.78, 5) is 48.8. The smallest absolute Gasteiger partial charge is 0.328 e. The molecule has 4 atom stereocenters. The number of phenols is 2. The predicted molar refractivity (Wildman–Crippen MR) is 112 cm³/mol. The van der Waals surface area contributed by atoms with Crippen LogP contribution in [0.2, 0.25) is 5.02 Å². The standard InChI is InChI=1S/C18H19ClN4O9S/c1-7(21-16(28)8-3-4-9(24)13(26)12(8)19)15(27)22-20-6-18(2)14(17(29)30)23-10(25)5-11(23)33(18,31)32/h3-4,6-7,11,14,24,26H,5H2,1-2H3,(H,21,28)(H,22,27)(H,29,30)/b20-6+/t7-,11+,14-,18-/m0/s1. The molecular weight excluding hydrogens is 484 g/mol. The maximum atomic E-state index is 12.8. The minimum absolute atomic E-state index is 0.224. The van der Waals surface area contributed by atoms with Gasteiger partial charge in [-0.1, -0.05) is 11.6 Å². The van der Waals surface area contributed by atoms with E-state index in [1.165, 1.54) is 6.92 Å². The van der Waals surface area contributed by atoms with E-state index in [-0.39, 0.29) is 12.0 Å². The largest absolute Gasteiger partial charge is 0.504 e. The topological polar surface area (TPSA) is 203 Å². The van der Waals surface area contributed by atoms with Gasteiger partial charge in [0.05, 0.1) is 17.0 Å². The number of rotatable bonds is 6. The van der Waals surface area contributed by atoms with E-state index >= 15 is 0 Å². The number of aliphatic carboxylic acids is 1. The van der Waals surface area contributed by atoms with E-state index in [2.05, 4.69) is 10.4 Å². The lowest BCUT2D eigenvalue weighted by atomic mass is 9.97. The van der Waals surface area contributed by atoms with Gasteiger partial charge in [-0.25, -0.2) is 18.6 Å². The fraction of sp³-hybridized carbons (Fsp3) is 0.389. The number of carboxylic acid groups (broad SMARTS) is 1. The molecule has 3 rings (SSSR count). The van der Waals surface area contributed by atoms with Gasteiger partial charge in [0.25, 0.3) is 11.8 Å². The molecule has 0 aliphatic carbocycles. The van der Waals surface area contributed by atoms with Crippen molar-refractivity contribution in [3.8, 4) is 11.5 Å². The highest BCUT2D eigenvalue weighted by molar-refractivity contribution is 7.94. The van der Waals surface area contributed by atoms with E-state index < -0.39 is 72.3 Å². The highest BCUT2D eigenvalue weighted by Gasteiger charge is 2.69. The Morgan fingerprint density at radius 3 is 2.55 bits per heavy atom. The Morgan fingerprint density at radius 2 is 1.97 bits per heavy atom. The van der Waals surface area contributed by atoms with Crippen molar-refractivity contribution >= 4 is 51.3 Å². The maximum Gasteiger partial charge on any atom is 0.328 e. The average molecular weight is 503 g/mol. The zero-order valence-electron chi connectivity index (χ0n) is 17.1. The summed E-state index contributed by atoms with van der Waals surface area (Å²) in [5, 5.41) is 32.6. The second kappa shape index (κ2) is 8.19. The van der Waals surface area contributed by atoms with Crippen LogP contribution in [-0.2, 0) is 24.2 Å². The van der Waals surface area contributed by atoms with E-state index in [9.17, 15) is 42.9 Å². The summed E-state index contributed by atoms with van der Waals surface area (Å²) in [6.07, 6.45) is 0.411. The van der Waals surface area contributed by atoms with Crippen molar-refractivity contribution < 1.29 is 42.9 Å². The Kier molecular flexibility index (Phi) is 6.02. The number of nitrogens with one attached hydrogen (secondary N) is 2. The molecule has 2 heterocycles. The summed E-state index contributed by atoms with van der Waals surface area (Å²) in [6, 6.07) is -0.777. The zero-order valence-corrected chi connectivity index (χ0v) is 18.7. The number of sulfone groups is 1. The quantitative estimate of drug-likeness (QED) is 0.142. The molecular formula is C18H19ClN4O9S. The SMILES string of the molecule is C[C@H](NC(=O)c1ccc(O)c(O)c1Cl)C(=O)N/N=C/[C@@]1(C)[C@H](C(=O)O)N2C(=O)C[C@H]2S1(=O)=O. The van der Waals surface area contributed by atoms with Gasteiger partial charge in [0.2, 0.25) is 5.91 Å². The number of fused-ring (bicyclic) bond motifs is 1. The van der Waals surface area contributed by atoms with E-state index in [0.717, 1.165) is 30.2 Å². The molecule has 3 amide bonds. The molecule has 2 saturated heterocycles. The molecule has 2 fully saturated rings. The van der Waals surface area contributed by atoms with Gasteiger partial charge in [-0.05, 0) is 26.0 Å². The Balaban J connectivity index is 1.71. The van der Waals surface area contributed by atoms with Gasteiger partial charge in [0.15, 0.2) is 27.4 Å². The molecule has 0 unspecified atom stereocenters. The van der Waals surface area contributed by atoms with Crippen LogP contribution in [0.5, 0.6) is 11.5 Å². The summed E-state index contributed by atoms with van der Waals surface area (Å²) in [5.74, 6) is -5.16. The number of nitrogens with zero attached hydrogens (tertiary/aromatic N) is 2. The maximum absolute atomic E-state index is 12.8. The first-order valence-corrected chi connectivity index (χ1v) is 11.3. The first-order chi connectivity index (χ1) is 15.2. The second-order valence-electron chi connectivity index (χ2n) is 7.65. The number of amides is 3. The number of hydrazone groups is 1. The number of carboxylic acids is 1. The summed E-state index contributed by atoms with van der Waals surface area (Å²) < 4.78 is 23.4. The van der Waals surface area contributed by atoms with Crippen LogP contribution >= 0.6 is 11.6 Å². The predicted octanol–water partition coefficient (Wildman–Crippen LogP) is -0.830. The number of aromatic hydroxyl groups is 2. The molecule has 15 heteroatoms. The summed E-state index contributed by atoms with van der Waals surface area (Å²) in [7, 11) is -4.15. The number of hydrogen-bond acceptors (Lipinski definition) is 9. The Bertz CT molecular complexity index is 1200. The van der Waals surface area contributed by atoms with Crippen LogP contribution in [0.4, 0.5) is 0 Å². The highest BCUT2D eigenvalue weighted by Crippen LogP contribution is 2.45. The molecule has 0 aromatic heterocycles. The first-order valence-electron chi connectivity index (χ1n) is 9.36. The number of phenolic OH excluding ortho intramolecular Hbond substituents is 2. The Morgan fingerprint density at radius 1 is 1.33 bits per heavy atom. The third kappa shape index (κ3) is 3.74. The average Bonchev–Trinajstić information content (AvgIpc) is 2.86. The molecule has 2 aliphatic rings. The molecule has 33 heavy (non-hydrogen) atoms. The molecule has 0 saturated carbocycles. The van der Waals surface area contributed by atoms with Gasteiger partial charge >= 0.3 is 5.97 Å². The van der Waals surface area contributed by atoms with E-state index in [0.29, 0.717) is 0 Å². The monoisotopic (exact) mass is 502 g/mol. The molecule has 2 aliphatic heterocycles. The lowest BCUT2D eigenvalue weighted by Gasteiger charge is -2.35. The fourth-order valence-corrected chi connectivity index (χ4v) is 6.05. The lowest BCUT2D eigenvalue weighted by Crippen LogP contribution is -2.57. The van der Waals surface area contributed by atoms with Crippen molar-refractivity contribution in [3.05, 3.63) is 22.7 Å². The summed E-state index contributed by atoms with van der Waals surface area (Å²) >= 11 is 5.81. The van der Waals surface area contributed by atoms with Crippen molar-refractivity contribution in [3.63, 3.8) is 0 Å². The van der Waals surface area contributed by atoms with E-state index in [4.69, 9.17) is 11.6 Å². The van der Waals surface area contributed by atoms with Gasteiger partial charge in [0, 0.05) is 6.21 Å². The number of carbonyl (C=O) groups excluding carboxylic acids is 3. The Hall–Kier alpha value is -3.39. The van der Waals surface area contributed by atoms with Crippen molar-refractivity contribution in [2.24, 2.45) is 5.10 Å². The van der Waals surface area contributed by atoms with Crippen molar-refractivity contribution in [1.29, 1.82) is 0 Å². The Labute approximate surface area is 191 Å². The van der Waals surface area contributed by atoms with E-state index in [1.807, 2.05) is 5.43 Å². The van der Waals surface area contributed by atoms with Gasteiger partial charge in [-0.2, -0.15) is 5.10 Å². The van der Waals surface area contributed by atoms with Crippen molar-refractivity contribution in [1.82, 2.24) is 15.6 Å². The van der Waals surface area contributed by atoms with Crippen LogP contribution in [0.3, 0.4) is 0 Å². The van der Waals surface area contributed by atoms with E-state index in [1.54, 1.807) is 0 Å². The first kappa shape index (κ1) is 24.3. The zero-order chi connectivity index (χ0) is 24.9. The van der Waals surface area contributed by atoms with Crippen LogP contribution in [0.15, 0.2) is 17.2 Å². The van der Waals surface area contributed by atoms with Gasteiger partial charge < -0.3 is 25.5 Å². The normalized spacial score (nSPS) is 26.4. The van der Waals surface area contributed by atoms with Crippen molar-refractivity contribution in [2.75, 3.05) is 0 Å². The van der Waals surface area contributed by atoms with Crippen LogP contribution in [0.25, 0.3) is 0 Å². The molecule has 0 bridgehead atoms. The fourth-order valence-electron chi connectivity index (χ4n) is 3.59. The lowest BCUT2D eigenvalue weighted by molar-refractivity contribution is -0.156. The molecule has 1 aromatic carbocycles. The molecule has 5 N–H and O–H groups in total. The summed E-state index contributed by atoms with van der Waals surface area (Å²) in [6.45, 7) is 2.36. The number of halogens is 1. The van der Waals surface area contributed by atoms with Crippen LogP contribution < -0.4 is 10.7 Å².